The van der Waals surface area contributed by atoms with Crippen molar-refractivity contribution in [2.75, 3.05) is 18.9 Å². The fraction of sp³-hybridized carbons (Fsp3) is 0.375. The van der Waals surface area contributed by atoms with Gasteiger partial charge in [0.15, 0.2) is 32.6 Å². The van der Waals surface area contributed by atoms with Crippen molar-refractivity contribution < 1.29 is 28.7 Å². The minimum Gasteiger partial charge on any atom is -0.461 e. The van der Waals surface area contributed by atoms with Crippen LogP contribution in [-0.2, 0) is 9.47 Å². The van der Waals surface area contributed by atoms with E-state index in [1.54, 1.807) is 13.8 Å². The van der Waals surface area contributed by atoms with Crippen molar-refractivity contribution in [2.45, 2.75) is 27.7 Å². The van der Waals surface area contributed by atoms with Crippen LogP contribution in [0.5, 0.6) is 0 Å². The van der Waals surface area contributed by atoms with E-state index in [1.807, 2.05) is 0 Å². The van der Waals surface area contributed by atoms with Gasteiger partial charge in [-0.05, 0) is 13.8 Å². The van der Waals surface area contributed by atoms with Crippen LogP contribution in [0, 0.1) is 0 Å². The van der Waals surface area contributed by atoms with E-state index in [0.717, 1.165) is 22.7 Å². The number of thiazole rings is 2. The zero-order chi connectivity index (χ0) is 21.4. The maximum atomic E-state index is 11.3. The smallest absolute Gasteiger partial charge is 0.358 e. The predicted molar refractivity (Wildman–Crippen MR) is 106 cm³/mol. The molecule has 0 amide bonds. The number of hydrogen-bond acceptors (Lipinski definition) is 11. The Hall–Kier alpha value is -2.37. The fourth-order valence-electron chi connectivity index (χ4n) is 1.78. The second-order valence-corrected chi connectivity index (χ2v) is 7.54. The first-order valence-electron chi connectivity index (χ1n) is 7.90. The van der Waals surface area contributed by atoms with Crippen LogP contribution in [0.4, 0.5) is 5.13 Å². The molecule has 0 bridgehead atoms. The van der Waals surface area contributed by atoms with Crippen molar-refractivity contribution in [3.63, 3.8) is 0 Å². The summed E-state index contributed by atoms with van der Waals surface area (Å²) in [6.07, 6.45) is 0. The summed E-state index contributed by atoms with van der Waals surface area (Å²) in [5.74, 6) is -1.69. The summed E-state index contributed by atoms with van der Waals surface area (Å²) in [5, 5.41) is 0.193. The number of ketones is 2. The maximum absolute atomic E-state index is 11.3. The highest BCUT2D eigenvalue weighted by molar-refractivity contribution is 7.18. The van der Waals surface area contributed by atoms with Gasteiger partial charge in [0.05, 0.1) is 13.2 Å². The number of nitrogens with zero attached hydrogens (tertiary/aromatic N) is 2. The lowest BCUT2D eigenvalue weighted by Gasteiger charge is -1.98. The van der Waals surface area contributed by atoms with Crippen LogP contribution >= 0.6 is 34.3 Å². The Labute approximate surface area is 173 Å². The van der Waals surface area contributed by atoms with Crippen molar-refractivity contribution in [1.29, 1.82) is 0 Å². The number of esters is 2. The van der Waals surface area contributed by atoms with Gasteiger partial charge in [0.25, 0.3) is 0 Å². The standard InChI is InChI=1S/C8H8ClNO3S.C8H10N2O3S/c2*1-3-13-7(12)5-6(4(2)11)14-8(9)10-5/h3H2,1-2H3;3H2,1-2H3,(H2,9,10). The molecule has 12 heteroatoms. The quantitative estimate of drug-likeness (QED) is 0.521. The van der Waals surface area contributed by atoms with Crippen LogP contribution in [0.25, 0.3) is 0 Å². The topological polar surface area (TPSA) is 139 Å². The molecule has 0 atom stereocenters. The summed E-state index contributed by atoms with van der Waals surface area (Å²) in [5.41, 5.74) is 5.42. The molecule has 0 aliphatic carbocycles. The lowest BCUT2D eigenvalue weighted by atomic mass is 10.3. The largest absolute Gasteiger partial charge is 0.461 e. The van der Waals surface area contributed by atoms with Gasteiger partial charge in [0.1, 0.15) is 9.75 Å². The Kier molecular flexibility index (Phi) is 9.16. The van der Waals surface area contributed by atoms with Crippen LogP contribution in [0.1, 0.15) is 68.0 Å². The van der Waals surface area contributed by atoms with Crippen LogP contribution in [0.3, 0.4) is 0 Å². The van der Waals surface area contributed by atoms with E-state index in [-0.39, 0.29) is 55.5 Å². The molecular formula is C16H18ClN3O6S2. The number of nitrogens with two attached hydrogens (primary N) is 1. The molecule has 2 heterocycles. The van der Waals surface area contributed by atoms with E-state index in [1.165, 1.54) is 13.8 Å². The van der Waals surface area contributed by atoms with Gasteiger partial charge in [0, 0.05) is 13.8 Å². The molecule has 0 radical (unpaired) electrons. The minimum atomic E-state index is -0.610. The Morgan fingerprint density at radius 3 is 1.75 bits per heavy atom. The minimum absolute atomic E-state index is 0.00866. The number of rotatable bonds is 6. The molecule has 0 saturated carbocycles. The van der Waals surface area contributed by atoms with E-state index in [9.17, 15) is 19.2 Å². The number of hydrogen-bond donors (Lipinski definition) is 1. The molecule has 0 spiro atoms. The zero-order valence-electron chi connectivity index (χ0n) is 15.5. The van der Waals surface area contributed by atoms with Crippen molar-refractivity contribution >= 4 is 62.9 Å². The molecule has 0 aliphatic heterocycles. The van der Waals surface area contributed by atoms with Gasteiger partial charge < -0.3 is 15.2 Å². The van der Waals surface area contributed by atoms with Crippen LogP contribution in [-0.4, -0.2) is 46.7 Å². The molecule has 2 aromatic rings. The Morgan fingerprint density at radius 2 is 1.32 bits per heavy atom. The molecule has 2 N–H and O–H groups in total. The van der Waals surface area contributed by atoms with Gasteiger partial charge >= 0.3 is 11.9 Å². The molecule has 28 heavy (non-hydrogen) atoms. The zero-order valence-corrected chi connectivity index (χ0v) is 17.9. The predicted octanol–water partition coefficient (Wildman–Crippen LogP) is 3.28. The molecule has 2 aromatic heterocycles. The first-order chi connectivity index (χ1) is 13.1. The highest BCUT2D eigenvalue weighted by atomic mass is 35.5. The average molecular weight is 448 g/mol. The third-order valence-corrected chi connectivity index (χ3v) is 5.07. The second-order valence-electron chi connectivity index (χ2n) is 4.93. The molecule has 0 aromatic carbocycles. The summed E-state index contributed by atoms with van der Waals surface area (Å²) >= 11 is 7.57. The number of Topliss-reactive ketones (excluding diaryl/α,β-unsaturated/α-hetero) is 2. The molecule has 9 nitrogen and oxygen atoms in total. The first-order valence-corrected chi connectivity index (χ1v) is 9.92. The first kappa shape index (κ1) is 23.7. The summed E-state index contributed by atoms with van der Waals surface area (Å²) in [7, 11) is 0. The fourth-order valence-corrected chi connectivity index (χ4v) is 3.49. The highest BCUT2D eigenvalue weighted by Gasteiger charge is 2.22. The summed E-state index contributed by atoms with van der Waals surface area (Å²) < 4.78 is 9.62. The lowest BCUT2D eigenvalue weighted by molar-refractivity contribution is 0.0509. The van der Waals surface area contributed by atoms with Gasteiger partial charge in [-0.2, -0.15) is 0 Å². The molecule has 0 fully saturated rings. The van der Waals surface area contributed by atoms with E-state index >= 15 is 0 Å². The summed E-state index contributed by atoms with van der Waals surface area (Å²) in [6, 6.07) is 0. The van der Waals surface area contributed by atoms with Crippen molar-refractivity contribution in [2.24, 2.45) is 0 Å². The van der Waals surface area contributed by atoms with Gasteiger partial charge in [-0.15, -0.1) is 0 Å². The number of carbonyl (C=O) groups excluding carboxylic acids is 4. The van der Waals surface area contributed by atoms with Gasteiger partial charge in [-0.3, -0.25) is 9.59 Å². The number of anilines is 1. The Bertz CT molecular complexity index is 821. The highest BCUT2D eigenvalue weighted by Crippen LogP contribution is 2.24. The number of ether oxygens (including phenoxy) is 2. The van der Waals surface area contributed by atoms with Crippen molar-refractivity contribution in [3.05, 3.63) is 25.6 Å². The van der Waals surface area contributed by atoms with Gasteiger partial charge in [0.2, 0.25) is 0 Å². The van der Waals surface area contributed by atoms with Gasteiger partial charge in [-0.1, -0.05) is 34.3 Å². The third kappa shape index (κ3) is 6.36. The molecular weight excluding hydrogens is 430 g/mol. The molecule has 152 valence electrons. The summed E-state index contributed by atoms with van der Waals surface area (Å²) in [6.45, 7) is 6.56. The molecule has 2 rings (SSSR count). The number of carbonyl (C=O) groups is 4. The Balaban J connectivity index is 0.000000280. The number of nitrogen functional groups attached to an aromatic ring is 1. The SMILES string of the molecule is CCOC(=O)c1nc(Cl)sc1C(C)=O.CCOC(=O)c1nc(N)sc1C(C)=O. The summed E-state index contributed by atoms with van der Waals surface area (Å²) in [4.78, 5) is 52.8. The lowest BCUT2D eigenvalue weighted by Crippen LogP contribution is -2.09. The monoisotopic (exact) mass is 447 g/mol. The van der Waals surface area contributed by atoms with Crippen LogP contribution in [0.2, 0.25) is 4.47 Å². The van der Waals surface area contributed by atoms with Crippen LogP contribution in [0.15, 0.2) is 0 Å². The molecule has 0 unspecified atom stereocenters. The van der Waals surface area contributed by atoms with Crippen LogP contribution < -0.4 is 5.73 Å². The van der Waals surface area contributed by atoms with E-state index in [0.29, 0.717) is 0 Å². The average Bonchev–Trinajstić information content (AvgIpc) is 3.19. The molecule has 0 saturated heterocycles. The second kappa shape index (κ2) is 10.8. The third-order valence-electron chi connectivity index (χ3n) is 2.82. The normalized spacial score (nSPS) is 9.89. The van der Waals surface area contributed by atoms with E-state index in [4.69, 9.17) is 26.8 Å². The van der Waals surface area contributed by atoms with Crippen molar-refractivity contribution in [1.82, 2.24) is 9.97 Å². The maximum Gasteiger partial charge on any atom is 0.358 e. The van der Waals surface area contributed by atoms with E-state index in [2.05, 4.69) is 9.97 Å². The number of halogens is 1. The molecule has 0 aliphatic rings. The van der Waals surface area contributed by atoms with E-state index < -0.39 is 11.9 Å². The Morgan fingerprint density at radius 1 is 0.893 bits per heavy atom. The number of aromatic nitrogens is 2. The van der Waals surface area contributed by atoms with Crippen molar-refractivity contribution in [3.8, 4) is 0 Å². The van der Waals surface area contributed by atoms with Gasteiger partial charge in [-0.25, -0.2) is 19.6 Å².